The zero-order valence-electron chi connectivity index (χ0n) is 19.3. The largest absolute Gasteiger partial charge is 0.509 e. The summed E-state index contributed by atoms with van der Waals surface area (Å²) in [7, 11) is 0. The Labute approximate surface area is 208 Å². The molecule has 3 aromatic carbocycles. The third kappa shape index (κ3) is 8.79. The summed E-state index contributed by atoms with van der Waals surface area (Å²) in [6, 6.07) is 21.1. The van der Waals surface area contributed by atoms with Crippen LogP contribution in [0.5, 0.6) is 23.0 Å². The van der Waals surface area contributed by atoms with Gasteiger partial charge in [0.25, 0.3) is 0 Å². The summed E-state index contributed by atoms with van der Waals surface area (Å²) in [4.78, 5) is 34.1. The molecule has 7 heteroatoms. The van der Waals surface area contributed by atoms with E-state index in [2.05, 4.69) is 6.58 Å². The van der Waals surface area contributed by atoms with E-state index in [0.29, 0.717) is 23.0 Å². The maximum atomic E-state index is 11.9. The van der Waals surface area contributed by atoms with Crippen molar-refractivity contribution in [2.75, 3.05) is 0 Å². The molecule has 182 valence electrons. The first-order chi connectivity index (χ1) is 17.3. The molecule has 0 saturated heterocycles. The molecule has 3 aromatic rings. The fourth-order valence-corrected chi connectivity index (χ4v) is 3.10. The van der Waals surface area contributed by atoms with E-state index in [9.17, 15) is 14.4 Å². The molecular weight excluding hydrogens is 460 g/mol. The molecule has 7 nitrogen and oxygen atoms in total. The number of hydrogen-bond donors (Lipinski definition) is 2. The van der Waals surface area contributed by atoms with Crippen molar-refractivity contribution in [1.29, 1.82) is 0 Å². The quantitative estimate of drug-likeness (QED) is 0.191. The molecule has 0 amide bonds. The molecular formula is C29H24O7. The Bertz CT molecular complexity index is 1200. The van der Waals surface area contributed by atoms with Crippen LogP contribution < -0.4 is 9.47 Å². The van der Waals surface area contributed by atoms with Crippen molar-refractivity contribution < 1.29 is 34.1 Å². The Hall–Kier alpha value is -4.91. The minimum Gasteiger partial charge on any atom is -0.509 e. The third-order valence-electron chi connectivity index (χ3n) is 4.75. The summed E-state index contributed by atoms with van der Waals surface area (Å²) >= 11 is 0. The first-order valence-electron chi connectivity index (χ1n) is 10.9. The van der Waals surface area contributed by atoms with Crippen LogP contribution in [0.15, 0.2) is 109 Å². The van der Waals surface area contributed by atoms with E-state index in [1.54, 1.807) is 72.8 Å². The first kappa shape index (κ1) is 25.7. The number of benzene rings is 3. The summed E-state index contributed by atoms with van der Waals surface area (Å²) in [6.07, 6.45) is 4.69. The molecule has 0 heterocycles. The summed E-state index contributed by atoms with van der Waals surface area (Å²) in [6.45, 7) is 3.30. The Kier molecular flexibility index (Phi) is 8.94. The Balaban J connectivity index is 1.57. The second-order valence-electron chi connectivity index (χ2n) is 7.75. The highest BCUT2D eigenvalue weighted by Gasteiger charge is 2.05. The number of carbonyl (C=O) groups is 3. The van der Waals surface area contributed by atoms with E-state index in [0.717, 1.165) is 23.3 Å². The molecule has 0 radical (unpaired) electrons. The lowest BCUT2D eigenvalue weighted by atomic mass is 10.1. The average Bonchev–Trinajstić information content (AvgIpc) is 2.84. The zero-order chi connectivity index (χ0) is 25.9. The molecule has 36 heavy (non-hydrogen) atoms. The fourth-order valence-electron chi connectivity index (χ4n) is 3.10. The van der Waals surface area contributed by atoms with Crippen LogP contribution in [0.3, 0.4) is 0 Å². The number of carbonyl (C=O) groups excluding carboxylic acids is 2. The lowest BCUT2D eigenvalue weighted by Crippen LogP contribution is -2.00. The molecule has 0 bridgehead atoms. The Morgan fingerprint density at radius 2 is 1.08 bits per heavy atom. The molecule has 0 saturated carbocycles. The smallest absolute Gasteiger partial charge is 0.328 e. The van der Waals surface area contributed by atoms with E-state index < -0.39 is 5.97 Å². The van der Waals surface area contributed by atoms with Crippen molar-refractivity contribution in [3.63, 3.8) is 0 Å². The molecule has 0 unspecified atom stereocenters. The minimum absolute atomic E-state index is 0.0927. The summed E-state index contributed by atoms with van der Waals surface area (Å²) in [5.74, 6) is 0.481. The standard InChI is InChI=1S/C29H24O7/c1-20(30)5-10-23(31)17-21-6-12-25(13-7-21)35-27-3-2-4-28(19-27)36-26-14-8-22(9-15-26)18-24(32)11-16-29(33)34/h2-16,19,30H,1,17-18H2,(H,33,34)/b10-5-,16-11-. The second-order valence-corrected chi connectivity index (χ2v) is 7.75. The van der Waals surface area contributed by atoms with Crippen LogP contribution >= 0.6 is 0 Å². The predicted octanol–water partition coefficient (Wildman–Crippen LogP) is 5.76. The van der Waals surface area contributed by atoms with Crippen LogP contribution in [0.25, 0.3) is 0 Å². The van der Waals surface area contributed by atoms with Crippen molar-refractivity contribution in [3.8, 4) is 23.0 Å². The van der Waals surface area contributed by atoms with Crippen LogP contribution in [-0.4, -0.2) is 27.7 Å². The number of ether oxygens (including phenoxy) is 2. The Morgan fingerprint density at radius 3 is 1.50 bits per heavy atom. The number of ketones is 2. The van der Waals surface area contributed by atoms with E-state index >= 15 is 0 Å². The van der Waals surface area contributed by atoms with Gasteiger partial charge in [0.05, 0.1) is 0 Å². The topological polar surface area (TPSA) is 110 Å². The van der Waals surface area contributed by atoms with Gasteiger partial charge >= 0.3 is 5.97 Å². The lowest BCUT2D eigenvalue weighted by Gasteiger charge is -2.10. The van der Waals surface area contributed by atoms with E-state index in [1.807, 2.05) is 0 Å². The second kappa shape index (κ2) is 12.5. The van der Waals surface area contributed by atoms with Gasteiger partial charge in [0.15, 0.2) is 11.6 Å². The van der Waals surface area contributed by atoms with Gasteiger partial charge in [-0.2, -0.15) is 0 Å². The first-order valence-corrected chi connectivity index (χ1v) is 10.9. The van der Waals surface area contributed by atoms with Gasteiger partial charge in [-0.05, 0) is 65.8 Å². The molecule has 2 N–H and O–H groups in total. The van der Waals surface area contributed by atoms with Crippen molar-refractivity contribution in [1.82, 2.24) is 0 Å². The monoisotopic (exact) mass is 484 g/mol. The van der Waals surface area contributed by atoms with Crippen LogP contribution in [0, 0.1) is 0 Å². The van der Waals surface area contributed by atoms with Crippen LogP contribution in [0.4, 0.5) is 0 Å². The minimum atomic E-state index is -1.16. The van der Waals surface area contributed by atoms with Gasteiger partial charge in [-0.1, -0.05) is 36.9 Å². The summed E-state index contributed by atoms with van der Waals surface area (Å²) in [5, 5.41) is 17.6. The number of carboxylic acid groups (broad SMARTS) is 1. The maximum Gasteiger partial charge on any atom is 0.328 e. The molecule has 0 atom stereocenters. The number of carboxylic acids is 1. The van der Waals surface area contributed by atoms with Gasteiger partial charge in [0, 0.05) is 25.0 Å². The molecule has 0 aromatic heterocycles. The molecule has 0 aliphatic carbocycles. The summed E-state index contributed by atoms with van der Waals surface area (Å²) in [5.41, 5.74) is 1.54. The number of rotatable bonds is 12. The van der Waals surface area contributed by atoms with Gasteiger partial charge < -0.3 is 19.7 Å². The third-order valence-corrected chi connectivity index (χ3v) is 4.75. The van der Waals surface area contributed by atoms with Gasteiger partial charge in [-0.15, -0.1) is 0 Å². The van der Waals surface area contributed by atoms with Gasteiger partial charge in [-0.25, -0.2) is 4.79 Å². The highest BCUT2D eigenvalue weighted by Crippen LogP contribution is 2.28. The molecule has 0 spiro atoms. The Morgan fingerprint density at radius 1 is 0.639 bits per heavy atom. The zero-order valence-corrected chi connectivity index (χ0v) is 19.3. The molecule has 0 aliphatic heterocycles. The SMILES string of the molecule is C=C(O)/C=C\C(=O)Cc1ccc(Oc2cccc(Oc3ccc(CC(=O)/C=C\C(=O)O)cc3)c2)cc1. The van der Waals surface area contributed by atoms with E-state index in [1.165, 1.54) is 12.2 Å². The van der Waals surface area contributed by atoms with Crippen LogP contribution in [0.2, 0.25) is 0 Å². The number of aliphatic carboxylic acids is 1. The van der Waals surface area contributed by atoms with Gasteiger partial charge in [0.2, 0.25) is 0 Å². The number of hydrogen-bond acceptors (Lipinski definition) is 6. The van der Waals surface area contributed by atoms with Crippen molar-refractivity contribution in [2.45, 2.75) is 12.8 Å². The maximum absolute atomic E-state index is 11.9. The van der Waals surface area contributed by atoms with Gasteiger partial charge in [-0.3, -0.25) is 9.59 Å². The highest BCUT2D eigenvalue weighted by molar-refractivity contribution is 5.96. The van der Waals surface area contributed by atoms with Crippen molar-refractivity contribution in [3.05, 3.63) is 121 Å². The van der Waals surface area contributed by atoms with Crippen molar-refractivity contribution in [2.24, 2.45) is 0 Å². The number of allylic oxidation sites excluding steroid dienone is 3. The average molecular weight is 485 g/mol. The molecule has 0 aliphatic rings. The number of aliphatic hydroxyl groups excluding tert-OH is 1. The van der Waals surface area contributed by atoms with E-state index in [-0.39, 0.29) is 30.2 Å². The fraction of sp³-hybridized carbons (Fsp3) is 0.0690. The van der Waals surface area contributed by atoms with Gasteiger partial charge in [0.1, 0.15) is 28.8 Å². The van der Waals surface area contributed by atoms with Crippen LogP contribution in [-0.2, 0) is 27.2 Å². The molecule has 0 fully saturated rings. The summed E-state index contributed by atoms with van der Waals surface area (Å²) < 4.78 is 11.8. The number of aliphatic hydroxyl groups is 1. The lowest BCUT2D eigenvalue weighted by molar-refractivity contribution is -0.131. The van der Waals surface area contributed by atoms with E-state index in [4.69, 9.17) is 19.7 Å². The van der Waals surface area contributed by atoms with Crippen molar-refractivity contribution >= 4 is 17.5 Å². The van der Waals surface area contributed by atoms with Crippen LogP contribution in [0.1, 0.15) is 11.1 Å². The highest BCUT2D eigenvalue weighted by atomic mass is 16.5. The molecule has 3 rings (SSSR count). The normalized spacial score (nSPS) is 10.9. The predicted molar refractivity (Wildman–Crippen MR) is 135 cm³/mol.